The van der Waals surface area contributed by atoms with Crippen LogP contribution in [-0.2, 0) is 6.61 Å². The Balaban J connectivity index is 2.11. The zero-order chi connectivity index (χ0) is 15.4. The number of carbonyl (C=O) groups is 2. The zero-order valence-corrected chi connectivity index (χ0v) is 11.0. The van der Waals surface area contributed by atoms with Crippen molar-refractivity contribution in [1.29, 1.82) is 0 Å². The smallest absolute Gasteiger partial charge is 0.358 e. The Morgan fingerprint density at radius 2 is 2.10 bits per heavy atom. The number of hydrogen-bond donors (Lipinski definition) is 2. The van der Waals surface area contributed by atoms with E-state index in [-0.39, 0.29) is 23.6 Å². The fourth-order valence-corrected chi connectivity index (χ4v) is 1.57. The molecule has 0 aliphatic heterocycles. The lowest BCUT2D eigenvalue weighted by molar-refractivity contribution is 0.0685. The van der Waals surface area contributed by atoms with Gasteiger partial charge in [0.1, 0.15) is 6.61 Å². The quantitative estimate of drug-likeness (QED) is 0.815. The number of methoxy groups -OCH3 is 1. The van der Waals surface area contributed by atoms with Gasteiger partial charge in [-0.2, -0.15) is 0 Å². The number of hydrogen-bond acceptors (Lipinski definition) is 6. The topological polar surface area (TPSA) is 125 Å². The molecule has 0 spiro atoms. The molecule has 2 aromatic rings. The SMILES string of the molecule is COc1cc(C(N)=O)ccc1OCc1cc(C(=O)O)no1. The van der Waals surface area contributed by atoms with Crippen LogP contribution in [0.15, 0.2) is 28.8 Å². The summed E-state index contributed by atoms with van der Waals surface area (Å²) in [5.41, 5.74) is 5.25. The molecule has 0 saturated heterocycles. The molecule has 1 amide bonds. The number of amides is 1. The molecule has 0 fully saturated rings. The Bertz CT molecular complexity index is 679. The molecule has 1 heterocycles. The molecule has 0 aliphatic carbocycles. The third-order valence-electron chi connectivity index (χ3n) is 2.60. The van der Waals surface area contributed by atoms with Crippen molar-refractivity contribution in [3.05, 3.63) is 41.3 Å². The third kappa shape index (κ3) is 3.30. The summed E-state index contributed by atoms with van der Waals surface area (Å²) in [6.07, 6.45) is 0. The molecule has 8 nitrogen and oxygen atoms in total. The molecule has 2 rings (SSSR count). The van der Waals surface area contributed by atoms with E-state index in [1.54, 1.807) is 0 Å². The summed E-state index contributed by atoms with van der Waals surface area (Å²) in [6.45, 7) is -0.0352. The number of ether oxygens (including phenoxy) is 2. The van der Waals surface area contributed by atoms with Crippen molar-refractivity contribution in [2.75, 3.05) is 7.11 Å². The maximum absolute atomic E-state index is 11.1. The second-order valence-electron chi connectivity index (χ2n) is 4.00. The molecule has 0 saturated carbocycles. The van der Waals surface area contributed by atoms with Crippen LogP contribution >= 0.6 is 0 Å². The van der Waals surface area contributed by atoms with E-state index < -0.39 is 11.9 Å². The molecular weight excluding hydrogens is 280 g/mol. The Labute approximate surface area is 119 Å². The second-order valence-corrected chi connectivity index (χ2v) is 4.00. The van der Waals surface area contributed by atoms with Crippen molar-refractivity contribution < 1.29 is 28.7 Å². The highest BCUT2D eigenvalue weighted by Crippen LogP contribution is 2.28. The highest BCUT2D eigenvalue weighted by Gasteiger charge is 2.13. The number of aromatic carboxylic acids is 1. The van der Waals surface area contributed by atoms with Gasteiger partial charge in [0.15, 0.2) is 23.0 Å². The van der Waals surface area contributed by atoms with Crippen molar-refractivity contribution in [3.8, 4) is 11.5 Å². The van der Waals surface area contributed by atoms with Crippen LogP contribution in [0.2, 0.25) is 0 Å². The number of rotatable bonds is 6. The predicted octanol–water partition coefficient (Wildman–Crippen LogP) is 1.06. The van der Waals surface area contributed by atoms with E-state index in [2.05, 4.69) is 5.16 Å². The molecule has 1 aromatic heterocycles. The number of aromatic nitrogens is 1. The van der Waals surface area contributed by atoms with E-state index >= 15 is 0 Å². The van der Waals surface area contributed by atoms with E-state index in [0.29, 0.717) is 11.5 Å². The normalized spacial score (nSPS) is 10.1. The molecule has 1 aromatic carbocycles. The minimum atomic E-state index is -1.19. The van der Waals surface area contributed by atoms with Crippen LogP contribution in [-0.4, -0.2) is 29.2 Å². The maximum Gasteiger partial charge on any atom is 0.358 e. The van der Waals surface area contributed by atoms with E-state index in [4.69, 9.17) is 24.8 Å². The molecule has 0 atom stereocenters. The summed E-state index contributed by atoms with van der Waals surface area (Å²) in [4.78, 5) is 21.7. The summed E-state index contributed by atoms with van der Waals surface area (Å²) >= 11 is 0. The minimum absolute atomic E-state index is 0.0352. The van der Waals surface area contributed by atoms with Gasteiger partial charge in [0.2, 0.25) is 5.91 Å². The fraction of sp³-hybridized carbons (Fsp3) is 0.154. The highest BCUT2D eigenvalue weighted by atomic mass is 16.5. The monoisotopic (exact) mass is 292 g/mol. The molecule has 0 bridgehead atoms. The highest BCUT2D eigenvalue weighted by molar-refractivity contribution is 5.93. The van der Waals surface area contributed by atoms with Crippen LogP contribution in [0.1, 0.15) is 26.6 Å². The van der Waals surface area contributed by atoms with Crippen molar-refractivity contribution >= 4 is 11.9 Å². The van der Waals surface area contributed by atoms with Crippen LogP contribution in [0.4, 0.5) is 0 Å². The van der Waals surface area contributed by atoms with Crippen LogP contribution in [0.3, 0.4) is 0 Å². The molecule has 3 N–H and O–H groups in total. The van der Waals surface area contributed by atoms with Crippen molar-refractivity contribution in [3.63, 3.8) is 0 Å². The molecule has 110 valence electrons. The van der Waals surface area contributed by atoms with Gasteiger partial charge in [0.05, 0.1) is 7.11 Å². The number of carboxylic acid groups (broad SMARTS) is 1. The molecule has 8 heteroatoms. The first kappa shape index (κ1) is 14.4. The van der Waals surface area contributed by atoms with Crippen LogP contribution in [0.25, 0.3) is 0 Å². The average Bonchev–Trinajstić information content (AvgIpc) is 2.93. The molecule has 0 radical (unpaired) electrons. The average molecular weight is 292 g/mol. The lowest BCUT2D eigenvalue weighted by Gasteiger charge is -2.10. The predicted molar refractivity (Wildman–Crippen MR) is 69.3 cm³/mol. The van der Waals surface area contributed by atoms with Gasteiger partial charge in [-0.15, -0.1) is 0 Å². The minimum Gasteiger partial charge on any atom is -0.493 e. The van der Waals surface area contributed by atoms with Gasteiger partial charge in [-0.3, -0.25) is 4.79 Å². The van der Waals surface area contributed by atoms with Crippen LogP contribution in [0, 0.1) is 0 Å². The lowest BCUT2D eigenvalue weighted by atomic mass is 10.2. The Kier molecular flexibility index (Phi) is 4.07. The fourth-order valence-electron chi connectivity index (χ4n) is 1.57. The Hall–Kier alpha value is -3.03. The number of nitrogens with zero attached hydrogens (tertiary/aromatic N) is 1. The van der Waals surface area contributed by atoms with Crippen molar-refractivity contribution in [1.82, 2.24) is 5.16 Å². The van der Waals surface area contributed by atoms with Crippen LogP contribution < -0.4 is 15.2 Å². The largest absolute Gasteiger partial charge is 0.493 e. The van der Waals surface area contributed by atoms with Crippen molar-refractivity contribution in [2.45, 2.75) is 6.61 Å². The van der Waals surface area contributed by atoms with E-state index in [1.807, 2.05) is 0 Å². The van der Waals surface area contributed by atoms with Gasteiger partial charge in [-0.25, -0.2) is 4.79 Å². The van der Waals surface area contributed by atoms with Gasteiger partial charge in [0.25, 0.3) is 0 Å². The van der Waals surface area contributed by atoms with Gasteiger partial charge >= 0.3 is 5.97 Å². The first-order chi connectivity index (χ1) is 10.0. The van der Waals surface area contributed by atoms with E-state index in [0.717, 1.165) is 0 Å². The van der Waals surface area contributed by atoms with Crippen molar-refractivity contribution in [2.24, 2.45) is 5.73 Å². The van der Waals surface area contributed by atoms with E-state index in [9.17, 15) is 9.59 Å². The lowest BCUT2D eigenvalue weighted by Crippen LogP contribution is -2.11. The Morgan fingerprint density at radius 3 is 2.67 bits per heavy atom. The number of primary amides is 1. The summed E-state index contributed by atoms with van der Waals surface area (Å²) in [5.74, 6) is -0.844. The Morgan fingerprint density at radius 1 is 1.33 bits per heavy atom. The first-order valence-corrected chi connectivity index (χ1v) is 5.80. The van der Waals surface area contributed by atoms with Gasteiger partial charge in [-0.1, -0.05) is 5.16 Å². The van der Waals surface area contributed by atoms with Gasteiger partial charge < -0.3 is 24.8 Å². The number of nitrogens with two attached hydrogens (primary N) is 1. The third-order valence-corrected chi connectivity index (χ3v) is 2.60. The number of carboxylic acids is 1. The summed E-state index contributed by atoms with van der Waals surface area (Å²) in [7, 11) is 1.42. The maximum atomic E-state index is 11.1. The zero-order valence-electron chi connectivity index (χ0n) is 11.0. The molecule has 0 unspecified atom stereocenters. The summed E-state index contributed by atoms with van der Waals surface area (Å²) in [5, 5.41) is 12.1. The molecule has 21 heavy (non-hydrogen) atoms. The standard InChI is InChI=1S/C13H12N2O6/c1-19-11-4-7(12(14)16)2-3-10(11)20-6-8-5-9(13(17)18)15-21-8/h2-5H,6H2,1H3,(H2,14,16)(H,17,18). The number of carbonyl (C=O) groups excluding carboxylic acids is 1. The summed E-state index contributed by atoms with van der Waals surface area (Å²) < 4.78 is 15.3. The molecular formula is C13H12N2O6. The van der Waals surface area contributed by atoms with Crippen LogP contribution in [0.5, 0.6) is 11.5 Å². The second kappa shape index (κ2) is 5.95. The van der Waals surface area contributed by atoms with Gasteiger partial charge in [-0.05, 0) is 18.2 Å². The number of benzene rings is 1. The first-order valence-electron chi connectivity index (χ1n) is 5.80. The molecule has 0 aliphatic rings. The van der Waals surface area contributed by atoms with Gasteiger partial charge in [0, 0.05) is 11.6 Å². The van der Waals surface area contributed by atoms with E-state index in [1.165, 1.54) is 31.4 Å². The summed E-state index contributed by atoms with van der Waals surface area (Å²) in [6, 6.07) is 5.71.